The lowest BCUT2D eigenvalue weighted by Crippen LogP contribution is -2.30. The molecule has 1 amide bonds. The molecule has 0 atom stereocenters. The van der Waals surface area contributed by atoms with Crippen molar-refractivity contribution >= 4 is 57.0 Å². The summed E-state index contributed by atoms with van der Waals surface area (Å²) < 4.78 is 0.514. The summed E-state index contributed by atoms with van der Waals surface area (Å²) in [6, 6.07) is 8.35. The molecule has 0 spiro atoms. The Labute approximate surface area is 156 Å². The fourth-order valence-corrected chi connectivity index (χ4v) is 4.42. The van der Waals surface area contributed by atoms with Gasteiger partial charge in [0.2, 0.25) is 0 Å². The number of aryl methyl sites for hydroxylation is 1. The van der Waals surface area contributed by atoms with Crippen molar-refractivity contribution in [3.05, 3.63) is 40.3 Å². The van der Waals surface area contributed by atoms with Crippen molar-refractivity contribution in [2.24, 2.45) is 0 Å². The SMILES string of the molecule is Cc1cccc2cc(/C=C3\SC(=S)NC3=O)c(N3CCCCC3)nc12. The van der Waals surface area contributed by atoms with Gasteiger partial charge in [-0.15, -0.1) is 0 Å². The van der Waals surface area contributed by atoms with Crippen LogP contribution in [-0.2, 0) is 4.79 Å². The number of pyridine rings is 1. The Morgan fingerprint density at radius 1 is 1.28 bits per heavy atom. The highest BCUT2D eigenvalue weighted by Crippen LogP contribution is 2.32. The second-order valence-corrected chi connectivity index (χ2v) is 8.17. The first-order valence-electron chi connectivity index (χ1n) is 8.52. The van der Waals surface area contributed by atoms with Gasteiger partial charge < -0.3 is 10.2 Å². The van der Waals surface area contributed by atoms with Crippen LogP contribution in [0.3, 0.4) is 0 Å². The van der Waals surface area contributed by atoms with Gasteiger partial charge in [0.05, 0.1) is 10.4 Å². The van der Waals surface area contributed by atoms with Crippen molar-refractivity contribution in [1.29, 1.82) is 0 Å². The number of piperidine rings is 1. The Kier molecular flexibility index (Phi) is 4.48. The van der Waals surface area contributed by atoms with Gasteiger partial charge in [-0.3, -0.25) is 4.79 Å². The molecule has 2 aliphatic heterocycles. The van der Waals surface area contributed by atoms with Crippen molar-refractivity contribution < 1.29 is 4.79 Å². The molecule has 25 heavy (non-hydrogen) atoms. The van der Waals surface area contributed by atoms with Gasteiger partial charge in [-0.1, -0.05) is 42.2 Å². The Bertz CT molecular complexity index is 901. The molecule has 6 heteroatoms. The van der Waals surface area contributed by atoms with Crippen LogP contribution in [0.2, 0.25) is 0 Å². The molecule has 3 heterocycles. The first-order valence-corrected chi connectivity index (χ1v) is 9.74. The highest BCUT2D eigenvalue weighted by molar-refractivity contribution is 8.26. The monoisotopic (exact) mass is 369 g/mol. The van der Waals surface area contributed by atoms with Crippen LogP contribution >= 0.6 is 24.0 Å². The summed E-state index contributed by atoms with van der Waals surface area (Å²) in [4.78, 5) is 20.0. The molecule has 2 aromatic rings. The van der Waals surface area contributed by atoms with Crippen LogP contribution in [0.25, 0.3) is 17.0 Å². The summed E-state index contributed by atoms with van der Waals surface area (Å²) in [5.74, 6) is 0.851. The Morgan fingerprint density at radius 2 is 2.08 bits per heavy atom. The molecule has 2 aliphatic rings. The first-order chi connectivity index (χ1) is 12.1. The van der Waals surface area contributed by atoms with E-state index in [-0.39, 0.29) is 5.91 Å². The largest absolute Gasteiger partial charge is 0.356 e. The van der Waals surface area contributed by atoms with E-state index in [4.69, 9.17) is 17.2 Å². The number of amides is 1. The van der Waals surface area contributed by atoms with E-state index in [0.717, 1.165) is 35.4 Å². The van der Waals surface area contributed by atoms with Gasteiger partial charge in [-0.2, -0.15) is 0 Å². The lowest BCUT2D eigenvalue weighted by Gasteiger charge is -2.29. The number of aromatic nitrogens is 1. The number of nitrogens with zero attached hydrogens (tertiary/aromatic N) is 2. The standard InChI is InChI=1S/C19H19N3OS2/c1-12-6-5-7-13-10-14(11-15-18(23)21-19(24)25-15)17(20-16(12)13)22-8-3-2-4-9-22/h5-7,10-11H,2-4,8-9H2,1H3,(H,21,23,24)/b15-11-. The third kappa shape index (κ3) is 3.28. The number of para-hydroxylation sites is 1. The Hall–Kier alpha value is -1.92. The molecular formula is C19H19N3OS2. The fourth-order valence-electron chi connectivity index (χ4n) is 3.38. The number of fused-ring (bicyclic) bond motifs is 1. The lowest BCUT2D eigenvalue weighted by molar-refractivity contribution is -0.115. The minimum Gasteiger partial charge on any atom is -0.356 e. The molecule has 1 aromatic carbocycles. The number of hydrogen-bond acceptors (Lipinski definition) is 5. The topological polar surface area (TPSA) is 45.2 Å². The zero-order valence-corrected chi connectivity index (χ0v) is 15.7. The molecule has 0 bridgehead atoms. The van der Waals surface area contributed by atoms with E-state index in [0.29, 0.717) is 9.23 Å². The molecule has 2 fully saturated rings. The van der Waals surface area contributed by atoms with Crippen LogP contribution in [0.15, 0.2) is 29.2 Å². The lowest BCUT2D eigenvalue weighted by atomic mass is 10.1. The van der Waals surface area contributed by atoms with E-state index in [1.54, 1.807) is 0 Å². The third-order valence-electron chi connectivity index (χ3n) is 4.64. The molecule has 1 aromatic heterocycles. The molecule has 0 saturated carbocycles. The van der Waals surface area contributed by atoms with Gasteiger partial charge in [0.1, 0.15) is 10.1 Å². The van der Waals surface area contributed by atoms with Crippen molar-refractivity contribution in [3.63, 3.8) is 0 Å². The molecule has 0 radical (unpaired) electrons. The Morgan fingerprint density at radius 3 is 2.80 bits per heavy atom. The van der Waals surface area contributed by atoms with Gasteiger partial charge in [0.15, 0.2) is 0 Å². The van der Waals surface area contributed by atoms with Gasteiger partial charge in [0, 0.05) is 24.0 Å². The van der Waals surface area contributed by atoms with Crippen LogP contribution in [0.5, 0.6) is 0 Å². The molecule has 1 N–H and O–H groups in total. The molecule has 0 unspecified atom stereocenters. The van der Waals surface area contributed by atoms with Crippen LogP contribution in [-0.4, -0.2) is 28.3 Å². The van der Waals surface area contributed by atoms with Gasteiger partial charge >= 0.3 is 0 Å². The number of anilines is 1. The predicted molar refractivity (Wildman–Crippen MR) is 109 cm³/mol. The number of rotatable bonds is 2. The highest BCUT2D eigenvalue weighted by atomic mass is 32.2. The van der Waals surface area contributed by atoms with Crippen molar-refractivity contribution in [2.45, 2.75) is 26.2 Å². The van der Waals surface area contributed by atoms with E-state index in [1.807, 2.05) is 12.1 Å². The second kappa shape index (κ2) is 6.77. The highest BCUT2D eigenvalue weighted by Gasteiger charge is 2.24. The zero-order chi connectivity index (χ0) is 17.4. The number of hydrogen-bond donors (Lipinski definition) is 1. The second-order valence-electron chi connectivity index (χ2n) is 6.45. The minimum atomic E-state index is -0.121. The molecule has 4 nitrogen and oxygen atoms in total. The van der Waals surface area contributed by atoms with Crippen LogP contribution in [0.4, 0.5) is 5.82 Å². The minimum absolute atomic E-state index is 0.121. The summed E-state index contributed by atoms with van der Waals surface area (Å²) in [5.41, 5.74) is 3.19. The molecule has 2 saturated heterocycles. The maximum atomic E-state index is 12.1. The number of carbonyl (C=O) groups is 1. The van der Waals surface area contributed by atoms with E-state index >= 15 is 0 Å². The van der Waals surface area contributed by atoms with Crippen LogP contribution in [0.1, 0.15) is 30.4 Å². The Balaban J connectivity index is 1.87. The predicted octanol–water partition coefficient (Wildman–Crippen LogP) is 4.02. The third-order valence-corrected chi connectivity index (χ3v) is 5.80. The molecule has 128 valence electrons. The number of carbonyl (C=O) groups excluding carboxylic acids is 1. The average molecular weight is 370 g/mol. The number of thiocarbonyl (C=S) groups is 1. The maximum absolute atomic E-state index is 12.1. The quantitative estimate of drug-likeness (QED) is 0.640. The summed E-state index contributed by atoms with van der Waals surface area (Å²) in [6.45, 7) is 4.11. The summed E-state index contributed by atoms with van der Waals surface area (Å²) >= 11 is 6.42. The van der Waals surface area contributed by atoms with Crippen LogP contribution < -0.4 is 10.2 Å². The van der Waals surface area contributed by atoms with E-state index in [1.165, 1.54) is 36.6 Å². The fraction of sp³-hybridized carbons (Fsp3) is 0.316. The molecular weight excluding hydrogens is 350 g/mol. The molecule has 4 rings (SSSR count). The number of thioether (sulfide) groups is 1. The normalized spacial score (nSPS) is 19.7. The van der Waals surface area contributed by atoms with Gasteiger partial charge in [-0.25, -0.2) is 4.98 Å². The van der Waals surface area contributed by atoms with Crippen molar-refractivity contribution in [2.75, 3.05) is 18.0 Å². The number of benzene rings is 1. The number of nitrogens with one attached hydrogen (secondary N) is 1. The smallest absolute Gasteiger partial charge is 0.263 e. The van der Waals surface area contributed by atoms with Crippen LogP contribution in [0, 0.1) is 6.92 Å². The molecule has 0 aliphatic carbocycles. The zero-order valence-electron chi connectivity index (χ0n) is 14.0. The van der Waals surface area contributed by atoms with E-state index in [9.17, 15) is 4.79 Å². The average Bonchev–Trinajstić information content (AvgIpc) is 2.93. The van der Waals surface area contributed by atoms with E-state index in [2.05, 4.69) is 35.3 Å². The maximum Gasteiger partial charge on any atom is 0.263 e. The van der Waals surface area contributed by atoms with E-state index < -0.39 is 0 Å². The first kappa shape index (κ1) is 16.5. The van der Waals surface area contributed by atoms with Gasteiger partial charge in [0.25, 0.3) is 5.91 Å². The summed E-state index contributed by atoms with van der Waals surface area (Å²) in [7, 11) is 0. The summed E-state index contributed by atoms with van der Waals surface area (Å²) in [5, 5.41) is 3.78. The van der Waals surface area contributed by atoms with Crippen molar-refractivity contribution in [3.8, 4) is 0 Å². The summed E-state index contributed by atoms with van der Waals surface area (Å²) in [6.07, 6.45) is 5.57. The van der Waals surface area contributed by atoms with Crippen molar-refractivity contribution in [1.82, 2.24) is 10.3 Å². The van der Waals surface area contributed by atoms with Gasteiger partial charge in [-0.05, 0) is 43.9 Å².